The molecule has 1 aliphatic rings. The molecule has 1 heterocycles. The molecule has 30 heavy (non-hydrogen) atoms. The summed E-state index contributed by atoms with van der Waals surface area (Å²) in [5.74, 6) is 1.24. The second-order valence-electron chi connectivity index (χ2n) is 5.80. The Morgan fingerprint density at radius 3 is 2.13 bits per heavy atom. The fourth-order valence-corrected chi connectivity index (χ4v) is 6.77. The van der Waals surface area contributed by atoms with Crippen LogP contribution in [0.2, 0.25) is 0 Å². The topological polar surface area (TPSA) is 134 Å². The molecule has 180 valence electrons. The first kappa shape index (κ1) is 31.0. The van der Waals surface area contributed by atoms with Crippen LogP contribution in [-0.4, -0.2) is 89.9 Å². The largest absolute Gasteiger partial charge is 0.378 e. The molecule has 3 unspecified atom stereocenters. The van der Waals surface area contributed by atoms with Crippen molar-refractivity contribution in [3.05, 3.63) is 0 Å². The molecule has 0 radical (unpaired) electrons. The van der Waals surface area contributed by atoms with Gasteiger partial charge < -0.3 is 18.9 Å². The van der Waals surface area contributed by atoms with Crippen molar-refractivity contribution >= 4 is 68.0 Å². The summed E-state index contributed by atoms with van der Waals surface area (Å²) in [6, 6.07) is 0. The number of halogens is 4. The average molecular weight is 554 g/mol. The van der Waals surface area contributed by atoms with Gasteiger partial charge in [-0.3, -0.25) is 9.13 Å². The van der Waals surface area contributed by atoms with Crippen LogP contribution in [0, 0.1) is 0 Å². The molecule has 1 rings (SSSR count). The van der Waals surface area contributed by atoms with Crippen molar-refractivity contribution in [1.82, 2.24) is 14.4 Å². The number of alkyl halides is 4. The van der Waals surface area contributed by atoms with Gasteiger partial charge in [-0.25, -0.2) is 19.9 Å². The first-order valence-corrected chi connectivity index (χ1v) is 14.5. The monoisotopic (exact) mass is 552 g/mol. The van der Waals surface area contributed by atoms with E-state index in [4.69, 9.17) is 61.0 Å². The van der Waals surface area contributed by atoms with Gasteiger partial charge in [0, 0.05) is 62.5 Å². The normalized spacial score (nSPS) is 23.7. The van der Waals surface area contributed by atoms with E-state index in [9.17, 15) is 19.0 Å². The van der Waals surface area contributed by atoms with E-state index in [1.807, 2.05) is 0 Å². The SMILES string of the molecule is NP(=O)(OCCC=O)N(CCCl)CCCl.O=P1(N(CCCl)CCCl)NC(O)CCO1. The number of nitrogens with zero attached hydrogens (tertiary/aromatic N) is 2. The number of nitrogens with two attached hydrogens (primary N) is 1. The fraction of sp³-hybridized carbons (Fsp3) is 0.929. The number of carbonyl (C=O) groups excluding carboxylic acids is 1. The molecule has 0 aromatic heterocycles. The van der Waals surface area contributed by atoms with Crippen LogP contribution in [0.1, 0.15) is 12.8 Å². The van der Waals surface area contributed by atoms with E-state index in [-0.39, 0.29) is 31.4 Å². The first-order valence-electron chi connectivity index (χ1n) is 9.12. The third-order valence-corrected chi connectivity index (χ3v) is 8.34. The van der Waals surface area contributed by atoms with Crippen LogP contribution in [0.25, 0.3) is 0 Å². The summed E-state index contributed by atoms with van der Waals surface area (Å²) in [4.78, 5) is 10.0. The zero-order valence-corrected chi connectivity index (χ0v) is 21.3. The molecular weight excluding hydrogens is 524 g/mol. The van der Waals surface area contributed by atoms with E-state index in [2.05, 4.69) is 5.09 Å². The highest BCUT2D eigenvalue weighted by molar-refractivity contribution is 7.54. The van der Waals surface area contributed by atoms with Gasteiger partial charge >= 0.3 is 15.3 Å². The number of aliphatic hydroxyl groups is 1. The zero-order chi connectivity index (χ0) is 23.0. The van der Waals surface area contributed by atoms with Gasteiger partial charge in [0.1, 0.15) is 12.5 Å². The zero-order valence-electron chi connectivity index (χ0n) is 16.5. The van der Waals surface area contributed by atoms with E-state index in [1.165, 1.54) is 4.67 Å². The van der Waals surface area contributed by atoms with Crippen molar-refractivity contribution in [2.24, 2.45) is 5.50 Å². The van der Waals surface area contributed by atoms with Gasteiger partial charge in [-0.05, 0) is 0 Å². The second-order valence-corrected chi connectivity index (χ2v) is 11.4. The lowest BCUT2D eigenvalue weighted by Crippen LogP contribution is -2.41. The molecule has 3 atom stereocenters. The summed E-state index contributed by atoms with van der Waals surface area (Å²) in [5.41, 5.74) is 5.50. The smallest absolute Gasteiger partial charge is 0.345 e. The van der Waals surface area contributed by atoms with Crippen molar-refractivity contribution < 1.29 is 28.1 Å². The summed E-state index contributed by atoms with van der Waals surface area (Å²) in [6.45, 7) is 1.80. The van der Waals surface area contributed by atoms with Gasteiger partial charge in [0.25, 0.3) is 0 Å². The highest BCUT2D eigenvalue weighted by atomic mass is 35.5. The van der Waals surface area contributed by atoms with Crippen molar-refractivity contribution in [3.8, 4) is 0 Å². The van der Waals surface area contributed by atoms with E-state index in [0.717, 1.165) is 0 Å². The average Bonchev–Trinajstić information content (AvgIpc) is 2.68. The fourth-order valence-electron chi connectivity index (χ4n) is 2.21. The number of aliphatic hydroxyl groups excluding tert-OH is 1. The van der Waals surface area contributed by atoms with Crippen LogP contribution >= 0.6 is 61.7 Å². The van der Waals surface area contributed by atoms with E-state index < -0.39 is 21.6 Å². The molecule has 0 saturated carbocycles. The standard InChI is InChI=1S/2C7H15Cl2N2O3P/c8-2-4-11(5-3-9)15(13)10-7(12)1-6-14-15;8-2-4-11(5-3-9)15(10,13)14-7-1-6-12/h7,12H,1-6H2,(H,10,13);6H,1-5,7H2,(H2,10,13). The Morgan fingerprint density at radius 2 is 1.70 bits per heavy atom. The first-order chi connectivity index (χ1) is 14.2. The Kier molecular flexibility index (Phi) is 18.1. The molecule has 1 fully saturated rings. The predicted octanol–water partition coefficient (Wildman–Crippen LogP) is 2.64. The lowest BCUT2D eigenvalue weighted by atomic mass is 10.4. The third kappa shape index (κ3) is 12.3. The summed E-state index contributed by atoms with van der Waals surface area (Å²) in [7, 11) is -6.51. The molecule has 0 aromatic carbocycles. The van der Waals surface area contributed by atoms with Gasteiger partial charge in [0.05, 0.1) is 13.2 Å². The van der Waals surface area contributed by atoms with Crippen LogP contribution in [0.15, 0.2) is 0 Å². The molecule has 10 nitrogen and oxygen atoms in total. The number of rotatable bonds is 14. The molecule has 16 heteroatoms. The molecule has 0 amide bonds. The van der Waals surface area contributed by atoms with Crippen LogP contribution in [-0.2, 0) is 23.0 Å². The van der Waals surface area contributed by atoms with Crippen LogP contribution < -0.4 is 10.6 Å². The molecular formula is C14H30Cl4N4O6P2. The van der Waals surface area contributed by atoms with Crippen molar-refractivity contribution in [3.63, 3.8) is 0 Å². The molecule has 0 aromatic rings. The Labute approximate surface area is 197 Å². The van der Waals surface area contributed by atoms with Crippen molar-refractivity contribution in [1.29, 1.82) is 0 Å². The third-order valence-electron chi connectivity index (χ3n) is 3.62. The van der Waals surface area contributed by atoms with E-state index >= 15 is 0 Å². The molecule has 0 aliphatic carbocycles. The minimum atomic E-state index is -3.36. The van der Waals surface area contributed by atoms with Crippen LogP contribution in [0.4, 0.5) is 0 Å². The molecule has 4 N–H and O–H groups in total. The lowest BCUT2D eigenvalue weighted by Gasteiger charge is -2.35. The van der Waals surface area contributed by atoms with Gasteiger partial charge in [0.15, 0.2) is 0 Å². The molecule has 0 bridgehead atoms. The van der Waals surface area contributed by atoms with Crippen LogP contribution in [0.3, 0.4) is 0 Å². The minimum absolute atomic E-state index is 0.0400. The minimum Gasteiger partial charge on any atom is -0.378 e. The number of hydrogen-bond donors (Lipinski definition) is 3. The Bertz CT molecular complexity index is 557. The Morgan fingerprint density at radius 1 is 1.17 bits per heavy atom. The summed E-state index contributed by atoms with van der Waals surface area (Å²) in [6.07, 6.45) is 0.474. The molecule has 0 spiro atoms. The Hall–Kier alpha value is 1.01. The number of aldehydes is 1. The van der Waals surface area contributed by atoms with E-state index in [1.54, 1.807) is 4.67 Å². The number of hydrogen-bond acceptors (Lipinski definition) is 6. The second kappa shape index (κ2) is 17.5. The van der Waals surface area contributed by atoms with Gasteiger partial charge in [-0.2, -0.15) is 0 Å². The molecule has 1 aliphatic heterocycles. The highest BCUT2D eigenvalue weighted by Gasteiger charge is 2.36. The molecule has 1 saturated heterocycles. The van der Waals surface area contributed by atoms with Crippen LogP contribution in [0.5, 0.6) is 0 Å². The van der Waals surface area contributed by atoms with Gasteiger partial charge in [-0.15, -0.1) is 46.4 Å². The number of nitrogens with one attached hydrogen (secondary N) is 1. The summed E-state index contributed by atoms with van der Waals surface area (Å²) in [5, 5.41) is 11.9. The van der Waals surface area contributed by atoms with E-state index in [0.29, 0.717) is 50.6 Å². The maximum absolute atomic E-state index is 12.2. The van der Waals surface area contributed by atoms with Crippen molar-refractivity contribution in [2.75, 3.05) is 62.9 Å². The maximum Gasteiger partial charge on any atom is 0.345 e. The Balaban J connectivity index is 0.000000561. The van der Waals surface area contributed by atoms with Crippen molar-refractivity contribution in [2.45, 2.75) is 19.1 Å². The summed E-state index contributed by atoms with van der Waals surface area (Å²) >= 11 is 22.2. The number of carbonyl (C=O) groups is 1. The lowest BCUT2D eigenvalue weighted by molar-refractivity contribution is -0.108. The predicted molar refractivity (Wildman–Crippen MR) is 122 cm³/mol. The summed E-state index contributed by atoms with van der Waals surface area (Å²) < 4.78 is 37.2. The maximum atomic E-state index is 12.2. The quantitative estimate of drug-likeness (QED) is 0.127. The van der Waals surface area contributed by atoms with Gasteiger partial charge in [-0.1, -0.05) is 0 Å². The van der Waals surface area contributed by atoms with Gasteiger partial charge in [0.2, 0.25) is 0 Å². The highest BCUT2D eigenvalue weighted by Crippen LogP contribution is 2.49.